The first-order chi connectivity index (χ1) is 8.36. The summed E-state index contributed by atoms with van der Waals surface area (Å²) in [5.41, 5.74) is 5.45. The van der Waals surface area contributed by atoms with Gasteiger partial charge in [-0.1, -0.05) is 0 Å². The molecular weight excluding hydrogens is 247 g/mol. The van der Waals surface area contributed by atoms with E-state index < -0.39 is 12.1 Å². The van der Waals surface area contributed by atoms with Crippen molar-refractivity contribution in [3.05, 3.63) is 0 Å². The first kappa shape index (κ1) is 15.2. The van der Waals surface area contributed by atoms with E-state index in [-0.39, 0.29) is 19.1 Å². The number of likely N-dealkylation sites (N-methyl/N-ethyl adjacent to an activating group) is 1. The summed E-state index contributed by atoms with van der Waals surface area (Å²) in [6, 6.07) is 0.208. The fraction of sp³-hybridized carbons (Fsp3) is 0.909. The van der Waals surface area contributed by atoms with Gasteiger partial charge in [0.2, 0.25) is 0 Å². The first-order valence-electron chi connectivity index (χ1n) is 6.12. The van der Waals surface area contributed by atoms with Gasteiger partial charge in [0.1, 0.15) is 0 Å². The number of likely N-dealkylation sites (tertiary alicyclic amines) is 1. The molecule has 1 aliphatic heterocycles. The van der Waals surface area contributed by atoms with E-state index in [9.17, 15) is 18.0 Å². The lowest BCUT2D eigenvalue weighted by atomic mass is 10.1. The highest BCUT2D eigenvalue weighted by Crippen LogP contribution is 2.22. The summed E-state index contributed by atoms with van der Waals surface area (Å²) in [6.45, 7) is 1.60. The lowest BCUT2D eigenvalue weighted by molar-refractivity contribution is -0.185. The fourth-order valence-corrected chi connectivity index (χ4v) is 2.29. The molecule has 0 radical (unpaired) electrons. The quantitative estimate of drug-likeness (QED) is 0.823. The number of alkyl halides is 3. The second kappa shape index (κ2) is 6.38. The monoisotopic (exact) mass is 267 g/mol. The third-order valence-corrected chi connectivity index (χ3v) is 3.33. The summed E-state index contributed by atoms with van der Waals surface area (Å²) in [5, 5.41) is 0. The molecule has 0 aliphatic carbocycles. The predicted octanol–water partition coefficient (Wildman–Crippen LogP) is 0.820. The van der Waals surface area contributed by atoms with Crippen molar-refractivity contribution in [3.8, 4) is 0 Å². The number of carbonyl (C=O) groups is 1. The summed E-state index contributed by atoms with van der Waals surface area (Å²) in [6.07, 6.45) is -2.79. The molecule has 1 heterocycles. The largest absolute Gasteiger partial charge is 0.471 e. The van der Waals surface area contributed by atoms with Crippen LogP contribution in [0, 0.1) is 0 Å². The van der Waals surface area contributed by atoms with Gasteiger partial charge < -0.3 is 15.5 Å². The highest BCUT2D eigenvalue weighted by atomic mass is 19.4. The van der Waals surface area contributed by atoms with E-state index in [1.54, 1.807) is 0 Å². The smallest absolute Gasteiger partial charge is 0.335 e. The molecule has 1 saturated heterocycles. The summed E-state index contributed by atoms with van der Waals surface area (Å²) >= 11 is 0. The summed E-state index contributed by atoms with van der Waals surface area (Å²) in [7, 11) is 1.92. The first-order valence-corrected chi connectivity index (χ1v) is 6.12. The van der Waals surface area contributed by atoms with Gasteiger partial charge in [-0.3, -0.25) is 4.79 Å². The number of amides is 1. The second-order valence-electron chi connectivity index (χ2n) is 4.64. The average molecular weight is 267 g/mol. The second-order valence-corrected chi connectivity index (χ2v) is 4.64. The number of hydrogen-bond donors (Lipinski definition) is 1. The molecule has 0 bridgehead atoms. The highest BCUT2D eigenvalue weighted by Gasteiger charge is 2.42. The number of hydrogen-bond acceptors (Lipinski definition) is 3. The van der Waals surface area contributed by atoms with Gasteiger partial charge in [-0.25, -0.2) is 0 Å². The van der Waals surface area contributed by atoms with Crippen LogP contribution in [-0.2, 0) is 4.79 Å². The Bertz CT molecular complexity index is 283. The maximum absolute atomic E-state index is 12.3. The van der Waals surface area contributed by atoms with Crippen LogP contribution in [0.25, 0.3) is 0 Å². The van der Waals surface area contributed by atoms with E-state index in [2.05, 4.69) is 4.90 Å². The Morgan fingerprint density at radius 1 is 1.39 bits per heavy atom. The van der Waals surface area contributed by atoms with Crippen LogP contribution in [0.2, 0.25) is 0 Å². The van der Waals surface area contributed by atoms with Gasteiger partial charge >= 0.3 is 12.1 Å². The van der Waals surface area contributed by atoms with Gasteiger partial charge in [0.25, 0.3) is 0 Å². The number of carbonyl (C=O) groups excluding carboxylic acids is 1. The molecule has 106 valence electrons. The van der Waals surface area contributed by atoms with Gasteiger partial charge in [0, 0.05) is 32.2 Å². The zero-order chi connectivity index (χ0) is 13.8. The Morgan fingerprint density at radius 2 is 2.06 bits per heavy atom. The van der Waals surface area contributed by atoms with Gasteiger partial charge in [-0.05, 0) is 26.3 Å². The molecule has 7 heteroatoms. The van der Waals surface area contributed by atoms with Crippen molar-refractivity contribution in [1.82, 2.24) is 9.80 Å². The van der Waals surface area contributed by atoms with E-state index in [0.717, 1.165) is 17.9 Å². The molecule has 2 N–H and O–H groups in total. The lowest BCUT2D eigenvalue weighted by Gasteiger charge is -2.26. The minimum Gasteiger partial charge on any atom is -0.335 e. The fourth-order valence-electron chi connectivity index (χ4n) is 2.29. The Kier molecular flexibility index (Phi) is 5.40. The minimum absolute atomic E-state index is 0.165. The molecule has 1 unspecified atom stereocenters. The maximum atomic E-state index is 12.3. The molecular formula is C11H20F3N3O. The van der Waals surface area contributed by atoms with Crippen LogP contribution in [0.15, 0.2) is 0 Å². The van der Waals surface area contributed by atoms with Crippen LogP contribution in [-0.4, -0.2) is 61.2 Å². The number of nitrogens with two attached hydrogens (primary N) is 1. The number of halogens is 3. The molecule has 1 atom stereocenters. The van der Waals surface area contributed by atoms with Crippen molar-refractivity contribution in [2.75, 3.05) is 33.2 Å². The number of rotatable bonds is 3. The molecule has 0 spiro atoms. The minimum atomic E-state index is -4.76. The zero-order valence-electron chi connectivity index (χ0n) is 10.5. The van der Waals surface area contributed by atoms with Crippen molar-refractivity contribution >= 4 is 5.91 Å². The van der Waals surface area contributed by atoms with E-state index >= 15 is 0 Å². The summed E-state index contributed by atoms with van der Waals surface area (Å²) in [5.74, 6) is -1.72. The van der Waals surface area contributed by atoms with Gasteiger partial charge in [0.15, 0.2) is 0 Å². The van der Waals surface area contributed by atoms with Gasteiger partial charge in [-0.15, -0.1) is 0 Å². The standard InChI is InChI=1S/C11H20F3N3O/c1-16(8-5-15)9-3-2-6-17(7-4-9)10(18)11(12,13)14/h9H,2-8,15H2,1H3. The van der Waals surface area contributed by atoms with E-state index in [4.69, 9.17) is 5.73 Å². The van der Waals surface area contributed by atoms with E-state index in [1.165, 1.54) is 0 Å². The van der Waals surface area contributed by atoms with Crippen molar-refractivity contribution in [2.24, 2.45) is 5.73 Å². The molecule has 4 nitrogen and oxygen atoms in total. The van der Waals surface area contributed by atoms with Gasteiger partial charge in [0.05, 0.1) is 0 Å². The SMILES string of the molecule is CN(CCN)C1CCCN(C(=O)C(F)(F)F)CC1. The summed E-state index contributed by atoms with van der Waals surface area (Å²) < 4.78 is 37.0. The Morgan fingerprint density at radius 3 is 2.61 bits per heavy atom. The topological polar surface area (TPSA) is 49.6 Å². The average Bonchev–Trinajstić information content (AvgIpc) is 2.52. The van der Waals surface area contributed by atoms with Crippen LogP contribution in [0.5, 0.6) is 0 Å². The molecule has 0 aromatic heterocycles. The van der Waals surface area contributed by atoms with Crippen molar-refractivity contribution in [1.29, 1.82) is 0 Å². The van der Waals surface area contributed by atoms with Crippen LogP contribution >= 0.6 is 0 Å². The van der Waals surface area contributed by atoms with Crippen molar-refractivity contribution < 1.29 is 18.0 Å². The Hall–Kier alpha value is -0.820. The Labute approximate surface area is 105 Å². The van der Waals surface area contributed by atoms with Crippen LogP contribution < -0.4 is 5.73 Å². The molecule has 1 aliphatic rings. The maximum Gasteiger partial charge on any atom is 0.471 e. The third-order valence-electron chi connectivity index (χ3n) is 3.33. The Balaban J connectivity index is 2.53. The van der Waals surface area contributed by atoms with Crippen LogP contribution in [0.4, 0.5) is 13.2 Å². The molecule has 0 saturated carbocycles. The van der Waals surface area contributed by atoms with E-state index in [1.807, 2.05) is 7.05 Å². The molecule has 0 aromatic rings. The van der Waals surface area contributed by atoms with Crippen molar-refractivity contribution in [2.45, 2.75) is 31.5 Å². The highest BCUT2D eigenvalue weighted by molar-refractivity contribution is 5.81. The van der Waals surface area contributed by atoms with E-state index in [0.29, 0.717) is 19.4 Å². The molecule has 1 fully saturated rings. The third kappa shape index (κ3) is 4.13. The summed E-state index contributed by atoms with van der Waals surface area (Å²) in [4.78, 5) is 14.1. The van der Waals surface area contributed by atoms with Crippen molar-refractivity contribution in [3.63, 3.8) is 0 Å². The molecule has 18 heavy (non-hydrogen) atoms. The van der Waals surface area contributed by atoms with Crippen LogP contribution in [0.3, 0.4) is 0 Å². The van der Waals surface area contributed by atoms with Gasteiger partial charge in [-0.2, -0.15) is 13.2 Å². The number of nitrogens with zero attached hydrogens (tertiary/aromatic N) is 2. The zero-order valence-corrected chi connectivity index (χ0v) is 10.5. The molecule has 0 aromatic carbocycles. The molecule has 1 amide bonds. The normalized spacial score (nSPS) is 22.1. The molecule has 1 rings (SSSR count). The predicted molar refractivity (Wildman–Crippen MR) is 62.0 cm³/mol. The van der Waals surface area contributed by atoms with Crippen LogP contribution in [0.1, 0.15) is 19.3 Å². The lowest BCUT2D eigenvalue weighted by Crippen LogP contribution is -2.42.